The number of aliphatic imine (C=N–C) groups is 1. The minimum atomic E-state index is -0.677. The van der Waals surface area contributed by atoms with Crippen LogP contribution in [-0.2, 0) is 9.59 Å². The molecule has 1 amide bonds. The highest BCUT2D eigenvalue weighted by molar-refractivity contribution is 7.98. The topological polar surface area (TPSA) is 58.5 Å². The normalized spacial score (nSPS) is 21.6. The molecular weight excluding hydrogens is 471 g/mol. The first-order chi connectivity index (χ1) is 17.4. The van der Waals surface area contributed by atoms with Gasteiger partial charge in [-0.25, -0.2) is 4.39 Å². The molecule has 0 saturated heterocycles. The molecule has 0 fully saturated rings. The first kappa shape index (κ1) is 24.2. The van der Waals surface area contributed by atoms with E-state index in [1.807, 2.05) is 55.6 Å². The van der Waals surface area contributed by atoms with Crippen LogP contribution in [0.25, 0.3) is 0 Å². The summed E-state index contributed by atoms with van der Waals surface area (Å²) in [5.41, 5.74) is 4.46. The Labute approximate surface area is 214 Å². The van der Waals surface area contributed by atoms with Crippen LogP contribution in [0.5, 0.6) is 0 Å². The van der Waals surface area contributed by atoms with E-state index in [0.29, 0.717) is 29.8 Å². The minimum Gasteiger partial charge on any atom is -0.325 e. The second-order valence-corrected chi connectivity index (χ2v) is 10.2. The van der Waals surface area contributed by atoms with E-state index < -0.39 is 17.7 Å². The summed E-state index contributed by atoms with van der Waals surface area (Å²) in [7, 11) is 0. The molecule has 1 aliphatic carbocycles. The minimum absolute atomic E-state index is 0.0313. The van der Waals surface area contributed by atoms with E-state index in [0.717, 1.165) is 21.7 Å². The highest BCUT2D eigenvalue weighted by Gasteiger charge is 2.44. The van der Waals surface area contributed by atoms with Crippen molar-refractivity contribution in [2.45, 2.75) is 36.5 Å². The molecule has 3 atom stereocenters. The largest absolute Gasteiger partial charge is 0.325 e. The number of Topliss-reactive ketones (excluding diaryl/α,β-unsaturated/α-hetero) is 1. The van der Waals surface area contributed by atoms with Gasteiger partial charge in [-0.2, -0.15) is 0 Å². The van der Waals surface area contributed by atoms with Crippen LogP contribution in [0.2, 0.25) is 0 Å². The fraction of sp³-hybridized carbons (Fsp3) is 0.233. The molecule has 0 bridgehead atoms. The summed E-state index contributed by atoms with van der Waals surface area (Å²) in [4.78, 5) is 33.2. The molecule has 182 valence electrons. The van der Waals surface area contributed by atoms with Crippen molar-refractivity contribution < 1.29 is 14.0 Å². The second-order valence-electron chi connectivity index (χ2n) is 9.28. The maximum absolute atomic E-state index is 13.8. The first-order valence-electron chi connectivity index (χ1n) is 12.0. The zero-order valence-corrected chi connectivity index (χ0v) is 21.0. The Morgan fingerprint density at radius 2 is 1.72 bits per heavy atom. The van der Waals surface area contributed by atoms with Gasteiger partial charge in [-0.1, -0.05) is 48.5 Å². The number of ketones is 1. The number of carbonyl (C=O) groups excluding carboxylic acids is 2. The summed E-state index contributed by atoms with van der Waals surface area (Å²) in [5.74, 6) is -1.76. The summed E-state index contributed by atoms with van der Waals surface area (Å²) in [6.45, 7) is 1.85. The molecule has 4 nitrogen and oxygen atoms in total. The Bertz CT molecular complexity index is 1370. The zero-order chi connectivity index (χ0) is 25.2. The van der Waals surface area contributed by atoms with Crippen LogP contribution >= 0.6 is 11.8 Å². The number of benzene rings is 3. The summed E-state index contributed by atoms with van der Waals surface area (Å²) in [6.07, 6.45) is 3.05. The summed E-state index contributed by atoms with van der Waals surface area (Å²) >= 11 is 1.64. The molecule has 3 aromatic carbocycles. The Hall–Kier alpha value is -3.51. The van der Waals surface area contributed by atoms with E-state index in [-0.39, 0.29) is 17.6 Å². The number of hydrogen-bond donors (Lipinski definition) is 1. The highest BCUT2D eigenvalue weighted by atomic mass is 32.2. The average molecular weight is 499 g/mol. The summed E-state index contributed by atoms with van der Waals surface area (Å²) in [6, 6.07) is 23.9. The Morgan fingerprint density at radius 3 is 2.42 bits per heavy atom. The third-order valence-electron chi connectivity index (χ3n) is 7.01. The number of nitrogens with one attached hydrogen (secondary N) is 1. The van der Waals surface area contributed by atoms with E-state index in [2.05, 4.69) is 17.4 Å². The van der Waals surface area contributed by atoms with Gasteiger partial charge in [0.2, 0.25) is 5.91 Å². The number of hydrogen-bond acceptors (Lipinski definition) is 4. The van der Waals surface area contributed by atoms with Gasteiger partial charge in [-0.15, -0.1) is 11.8 Å². The van der Waals surface area contributed by atoms with Crippen LogP contribution in [0.3, 0.4) is 0 Å². The third-order valence-corrected chi connectivity index (χ3v) is 7.75. The van der Waals surface area contributed by atoms with Gasteiger partial charge >= 0.3 is 0 Å². The SMILES string of the molecule is CSc1ccc([C@@H]2C3=C(C[C@@H](c4ccccc4)CC3=O)N=C(C)C2C(=O)Nc2cccc(F)c2)cc1. The molecule has 0 radical (unpaired) electrons. The van der Waals surface area contributed by atoms with Crippen molar-refractivity contribution in [3.63, 3.8) is 0 Å². The fourth-order valence-corrected chi connectivity index (χ4v) is 5.73. The molecule has 1 heterocycles. The lowest BCUT2D eigenvalue weighted by Crippen LogP contribution is -2.39. The van der Waals surface area contributed by atoms with Gasteiger partial charge in [-0.3, -0.25) is 14.6 Å². The number of nitrogens with zero attached hydrogens (tertiary/aromatic N) is 1. The van der Waals surface area contributed by atoms with Crippen LogP contribution in [0, 0.1) is 11.7 Å². The van der Waals surface area contributed by atoms with Crippen molar-refractivity contribution in [1.82, 2.24) is 0 Å². The van der Waals surface area contributed by atoms with Crippen molar-refractivity contribution in [3.8, 4) is 0 Å². The van der Waals surface area contributed by atoms with E-state index in [1.165, 1.54) is 12.1 Å². The van der Waals surface area contributed by atoms with Gasteiger partial charge in [-0.05, 0) is 67.0 Å². The monoisotopic (exact) mass is 498 g/mol. The van der Waals surface area contributed by atoms with Gasteiger partial charge in [0.05, 0.1) is 5.92 Å². The molecule has 1 unspecified atom stereocenters. The van der Waals surface area contributed by atoms with Gasteiger partial charge < -0.3 is 5.32 Å². The van der Waals surface area contributed by atoms with Gasteiger partial charge in [0.25, 0.3) is 0 Å². The smallest absolute Gasteiger partial charge is 0.234 e. The number of thioether (sulfide) groups is 1. The van der Waals surface area contributed by atoms with Crippen LogP contribution in [0.4, 0.5) is 10.1 Å². The van der Waals surface area contributed by atoms with E-state index in [4.69, 9.17) is 4.99 Å². The lowest BCUT2D eigenvalue weighted by Gasteiger charge is -2.37. The fourth-order valence-electron chi connectivity index (χ4n) is 5.32. The van der Waals surface area contributed by atoms with Crippen LogP contribution in [0.15, 0.2) is 100 Å². The number of amides is 1. The number of rotatable bonds is 5. The molecule has 5 rings (SSSR count). The number of anilines is 1. The second kappa shape index (κ2) is 10.2. The lowest BCUT2D eigenvalue weighted by atomic mass is 9.69. The number of allylic oxidation sites excluding steroid dienone is 2. The molecule has 36 heavy (non-hydrogen) atoms. The molecule has 1 aliphatic heterocycles. The van der Waals surface area contributed by atoms with Crippen LogP contribution < -0.4 is 5.32 Å². The van der Waals surface area contributed by atoms with Crippen LogP contribution in [-0.4, -0.2) is 23.7 Å². The maximum atomic E-state index is 13.8. The predicted octanol–water partition coefficient (Wildman–Crippen LogP) is 6.76. The number of carbonyl (C=O) groups is 2. The molecule has 2 aliphatic rings. The quantitative estimate of drug-likeness (QED) is 0.395. The lowest BCUT2D eigenvalue weighted by molar-refractivity contribution is -0.119. The van der Waals surface area contributed by atoms with Crippen molar-refractivity contribution in [1.29, 1.82) is 0 Å². The van der Waals surface area contributed by atoms with E-state index >= 15 is 0 Å². The van der Waals surface area contributed by atoms with E-state index in [1.54, 1.807) is 23.9 Å². The third kappa shape index (κ3) is 4.78. The number of halogens is 1. The van der Waals surface area contributed by atoms with Crippen LogP contribution in [0.1, 0.15) is 42.7 Å². The Balaban J connectivity index is 1.56. The zero-order valence-electron chi connectivity index (χ0n) is 20.2. The van der Waals surface area contributed by atoms with Crippen molar-refractivity contribution in [2.24, 2.45) is 10.9 Å². The Kier molecular flexibility index (Phi) is 6.88. The maximum Gasteiger partial charge on any atom is 0.234 e. The molecule has 3 aromatic rings. The molecule has 0 saturated carbocycles. The predicted molar refractivity (Wildman–Crippen MR) is 143 cm³/mol. The van der Waals surface area contributed by atoms with Crippen molar-refractivity contribution >= 4 is 34.9 Å². The van der Waals surface area contributed by atoms with Gasteiger partial charge in [0, 0.05) is 39.9 Å². The summed E-state index contributed by atoms with van der Waals surface area (Å²) < 4.78 is 13.8. The standard InChI is InChI=1S/C30H27FN2O2S/c1-18-27(30(35)33-23-10-6-9-22(31)17-23)28(20-11-13-24(36-2)14-12-20)29-25(32-18)15-21(16-26(29)34)19-7-4-3-5-8-19/h3-14,17,21,27-28H,15-16H2,1-2H3,(H,33,35)/t21-,27?,28+/m1/s1. The van der Waals surface area contributed by atoms with E-state index in [9.17, 15) is 14.0 Å². The van der Waals surface area contributed by atoms with Crippen molar-refractivity contribution in [3.05, 3.63) is 107 Å². The Morgan fingerprint density at radius 1 is 0.972 bits per heavy atom. The van der Waals surface area contributed by atoms with Crippen molar-refractivity contribution in [2.75, 3.05) is 11.6 Å². The summed E-state index contributed by atoms with van der Waals surface area (Å²) in [5, 5.41) is 2.85. The first-order valence-corrected chi connectivity index (χ1v) is 13.2. The van der Waals surface area contributed by atoms with Gasteiger partial charge in [0.15, 0.2) is 5.78 Å². The van der Waals surface area contributed by atoms with Gasteiger partial charge in [0.1, 0.15) is 5.82 Å². The molecule has 0 spiro atoms. The average Bonchev–Trinajstić information content (AvgIpc) is 2.88. The highest BCUT2D eigenvalue weighted by Crippen LogP contribution is 2.47. The molecule has 6 heteroatoms. The molecule has 0 aromatic heterocycles. The molecular formula is C30H27FN2O2S. The molecule has 1 N–H and O–H groups in total.